The zero-order valence-corrected chi connectivity index (χ0v) is 19.2. The molecule has 0 aliphatic heterocycles. The van der Waals surface area contributed by atoms with Crippen molar-refractivity contribution in [3.63, 3.8) is 0 Å². The van der Waals surface area contributed by atoms with Crippen molar-refractivity contribution in [3.05, 3.63) is 34.5 Å². The van der Waals surface area contributed by atoms with Gasteiger partial charge in [-0.05, 0) is 38.9 Å². The Kier molecular flexibility index (Phi) is 7.56. The van der Waals surface area contributed by atoms with E-state index in [1.165, 1.54) is 6.20 Å². The van der Waals surface area contributed by atoms with Gasteiger partial charge in [-0.3, -0.25) is 9.62 Å². The van der Waals surface area contributed by atoms with Crippen LogP contribution in [0, 0.1) is 5.82 Å². The van der Waals surface area contributed by atoms with Crippen molar-refractivity contribution >= 4 is 43.8 Å². The van der Waals surface area contributed by atoms with Crippen LogP contribution in [0.4, 0.5) is 15.2 Å². The van der Waals surface area contributed by atoms with Gasteiger partial charge < -0.3 is 10.4 Å². The van der Waals surface area contributed by atoms with Gasteiger partial charge >= 0.3 is 0 Å². The van der Waals surface area contributed by atoms with Crippen LogP contribution >= 0.6 is 22.9 Å². The van der Waals surface area contributed by atoms with E-state index in [4.69, 9.17) is 11.6 Å². The molecule has 1 fully saturated rings. The van der Waals surface area contributed by atoms with Gasteiger partial charge in [-0.15, -0.1) is 11.3 Å². The lowest BCUT2D eigenvalue weighted by atomic mass is 9.89. The fourth-order valence-corrected chi connectivity index (χ4v) is 6.01. The van der Waals surface area contributed by atoms with Crippen LogP contribution in [0.2, 0.25) is 5.02 Å². The van der Waals surface area contributed by atoms with Crippen molar-refractivity contribution in [1.29, 1.82) is 0 Å². The van der Waals surface area contributed by atoms with E-state index in [1.807, 2.05) is 7.05 Å². The predicted molar refractivity (Wildman–Crippen MR) is 118 cm³/mol. The number of halogens is 2. The quantitative estimate of drug-likeness (QED) is 0.537. The largest absolute Gasteiger partial charge is 0.392 e. The van der Waals surface area contributed by atoms with E-state index in [1.54, 1.807) is 12.3 Å². The smallest absolute Gasteiger partial charge is 0.266 e. The molecule has 3 N–H and O–H groups in total. The normalized spacial score (nSPS) is 20.9. The van der Waals surface area contributed by atoms with Crippen molar-refractivity contribution in [2.45, 2.75) is 55.7 Å². The molecule has 166 valence electrons. The van der Waals surface area contributed by atoms with Gasteiger partial charge in [-0.1, -0.05) is 24.4 Å². The Morgan fingerprint density at radius 3 is 2.80 bits per heavy atom. The first-order valence-electron chi connectivity index (χ1n) is 9.73. The van der Waals surface area contributed by atoms with E-state index in [-0.39, 0.29) is 22.2 Å². The summed E-state index contributed by atoms with van der Waals surface area (Å²) in [5.74, 6) is -0.893. The number of nitrogens with zero attached hydrogens (tertiary/aromatic N) is 2. The summed E-state index contributed by atoms with van der Waals surface area (Å²) in [6.45, 7) is 2.28. The minimum absolute atomic E-state index is 0.00954. The second-order valence-corrected chi connectivity index (χ2v) is 10.5. The maximum Gasteiger partial charge on any atom is 0.266 e. The van der Waals surface area contributed by atoms with Crippen LogP contribution < -0.4 is 10.0 Å². The van der Waals surface area contributed by atoms with Crippen molar-refractivity contribution in [1.82, 2.24) is 9.88 Å². The van der Waals surface area contributed by atoms with Crippen LogP contribution in [0.3, 0.4) is 0 Å². The summed E-state index contributed by atoms with van der Waals surface area (Å²) in [6.07, 6.45) is 4.93. The van der Waals surface area contributed by atoms with Gasteiger partial charge in [-0.25, -0.2) is 17.8 Å². The minimum atomic E-state index is -4.15. The maximum absolute atomic E-state index is 14.8. The molecule has 0 amide bonds. The number of rotatable bonds is 8. The minimum Gasteiger partial charge on any atom is -0.392 e. The maximum atomic E-state index is 14.8. The molecule has 7 nitrogen and oxygen atoms in total. The van der Waals surface area contributed by atoms with E-state index < -0.39 is 26.8 Å². The molecule has 11 heteroatoms. The third kappa shape index (κ3) is 5.61. The zero-order chi connectivity index (χ0) is 21.9. The number of aromatic nitrogens is 1. The molecule has 2 unspecified atom stereocenters. The van der Waals surface area contributed by atoms with Gasteiger partial charge in [-0.2, -0.15) is 0 Å². The Morgan fingerprint density at radius 1 is 1.40 bits per heavy atom. The summed E-state index contributed by atoms with van der Waals surface area (Å²) in [7, 11) is -2.19. The first-order chi connectivity index (χ1) is 14.2. The van der Waals surface area contributed by atoms with Gasteiger partial charge in [0.1, 0.15) is 10.7 Å². The molecule has 3 rings (SSSR count). The monoisotopic (exact) mass is 476 g/mol. The molecule has 1 aromatic heterocycles. The van der Waals surface area contributed by atoms with Crippen molar-refractivity contribution in [2.75, 3.05) is 23.6 Å². The summed E-state index contributed by atoms with van der Waals surface area (Å²) < 4.78 is 42.1. The Bertz CT molecular complexity index is 957. The molecule has 1 aliphatic carbocycles. The third-order valence-electron chi connectivity index (χ3n) is 5.15. The van der Waals surface area contributed by atoms with E-state index in [0.717, 1.165) is 49.2 Å². The average Bonchev–Trinajstić information content (AvgIpc) is 3.16. The first kappa shape index (κ1) is 23.2. The number of nitrogens with one attached hydrogen (secondary N) is 2. The average molecular weight is 477 g/mol. The molecule has 0 radical (unpaired) electrons. The number of aliphatic hydroxyl groups excluding tert-OH is 1. The second-order valence-electron chi connectivity index (χ2n) is 7.60. The van der Waals surface area contributed by atoms with Gasteiger partial charge in [0, 0.05) is 30.2 Å². The number of benzene rings is 1. The molecule has 1 heterocycles. The molecule has 30 heavy (non-hydrogen) atoms. The van der Waals surface area contributed by atoms with Gasteiger partial charge in [0.2, 0.25) is 0 Å². The summed E-state index contributed by atoms with van der Waals surface area (Å²) >= 11 is 7.43. The van der Waals surface area contributed by atoms with Gasteiger partial charge in [0.25, 0.3) is 10.0 Å². The molecule has 1 saturated carbocycles. The lowest BCUT2D eigenvalue weighted by Crippen LogP contribution is -2.49. The fourth-order valence-electron chi connectivity index (χ4n) is 3.85. The highest BCUT2D eigenvalue weighted by Crippen LogP contribution is 2.32. The number of anilines is 2. The predicted octanol–water partition coefficient (Wildman–Crippen LogP) is 3.77. The van der Waals surface area contributed by atoms with Crippen LogP contribution in [-0.2, 0) is 10.0 Å². The number of hydrogen-bond donors (Lipinski definition) is 3. The summed E-state index contributed by atoms with van der Waals surface area (Å²) in [4.78, 5) is 5.43. The summed E-state index contributed by atoms with van der Waals surface area (Å²) in [6, 6.07) is 2.41. The van der Waals surface area contributed by atoms with Crippen LogP contribution in [-0.4, -0.2) is 55.2 Å². The molecule has 3 atom stereocenters. The lowest BCUT2D eigenvalue weighted by Gasteiger charge is -2.39. The molecule has 0 bridgehead atoms. The highest BCUT2D eigenvalue weighted by molar-refractivity contribution is 7.93. The fraction of sp³-hybridized carbons (Fsp3) is 0.526. The van der Waals surface area contributed by atoms with Crippen LogP contribution in [0.15, 0.2) is 28.6 Å². The Hall–Kier alpha value is -1.46. The molecular formula is C19H26ClFN4O3S2. The summed E-state index contributed by atoms with van der Waals surface area (Å²) in [5.41, 5.74) is 0.352. The third-order valence-corrected chi connectivity index (χ3v) is 7.64. The highest BCUT2D eigenvalue weighted by Gasteiger charge is 2.30. The molecule has 2 aromatic rings. The van der Waals surface area contributed by atoms with Gasteiger partial charge in [0.15, 0.2) is 5.13 Å². The Labute approximate surface area is 185 Å². The van der Waals surface area contributed by atoms with Crippen molar-refractivity contribution in [2.24, 2.45) is 0 Å². The van der Waals surface area contributed by atoms with Crippen molar-refractivity contribution in [3.8, 4) is 0 Å². The van der Waals surface area contributed by atoms with E-state index in [0.29, 0.717) is 12.2 Å². The van der Waals surface area contributed by atoms with E-state index in [9.17, 15) is 17.9 Å². The van der Waals surface area contributed by atoms with Gasteiger partial charge in [0.05, 0.1) is 16.8 Å². The van der Waals surface area contributed by atoms with Crippen LogP contribution in [0.25, 0.3) is 0 Å². The molecule has 0 spiro atoms. The molecule has 1 aromatic carbocycles. The van der Waals surface area contributed by atoms with E-state index in [2.05, 4.69) is 19.9 Å². The zero-order valence-electron chi connectivity index (χ0n) is 16.8. The Balaban J connectivity index is 1.80. The number of aliphatic hydroxyl groups is 1. The number of thiazole rings is 1. The van der Waals surface area contributed by atoms with Crippen LogP contribution in [0.1, 0.15) is 32.6 Å². The number of sulfonamides is 1. The lowest BCUT2D eigenvalue weighted by molar-refractivity contribution is 0.0972. The Morgan fingerprint density at radius 2 is 2.13 bits per heavy atom. The SMILES string of the molecule is CC(O)CN(C)[C@H]1CCCCC1Nc1cc(F)c(S(=O)(=O)Nc2nccs2)cc1Cl. The first-order valence-corrected chi connectivity index (χ1v) is 12.5. The second kappa shape index (κ2) is 9.78. The standard InChI is InChI=1S/C19H26ClFN4O3S2/c1-12(26)11-25(2)17-6-4-3-5-15(17)23-16-10-14(21)18(9-13(16)20)30(27,28)24-19-22-7-8-29-19/h7-10,12,15,17,23,26H,3-6,11H2,1-2H3,(H,22,24)/t12?,15?,17-/m0/s1. The molecule has 0 saturated heterocycles. The highest BCUT2D eigenvalue weighted by atomic mass is 35.5. The number of hydrogen-bond acceptors (Lipinski definition) is 7. The van der Waals surface area contributed by atoms with Crippen LogP contribution in [0.5, 0.6) is 0 Å². The molecular weight excluding hydrogens is 451 g/mol. The molecule has 1 aliphatic rings. The topological polar surface area (TPSA) is 94.6 Å². The summed E-state index contributed by atoms with van der Waals surface area (Å²) in [5, 5.41) is 14.9. The van der Waals surface area contributed by atoms with Crippen molar-refractivity contribution < 1.29 is 17.9 Å². The van der Waals surface area contributed by atoms with E-state index >= 15 is 0 Å². The number of likely N-dealkylation sites (N-methyl/N-ethyl adjacent to an activating group) is 1.